The average molecular weight is 455 g/mol. The van der Waals surface area contributed by atoms with Gasteiger partial charge < -0.3 is 9.47 Å². The molecule has 4 nitrogen and oxygen atoms in total. The van der Waals surface area contributed by atoms with E-state index in [1.165, 1.54) is 15.3 Å². The molecule has 0 radical (unpaired) electrons. The number of ether oxygens (including phenoxy) is 2. The summed E-state index contributed by atoms with van der Waals surface area (Å²) in [5.41, 5.74) is 3.32. The van der Waals surface area contributed by atoms with Gasteiger partial charge in [0, 0.05) is 26.9 Å². The van der Waals surface area contributed by atoms with E-state index in [2.05, 4.69) is 52.1 Å². The summed E-state index contributed by atoms with van der Waals surface area (Å²) in [6, 6.07) is 18.7. The fraction of sp³-hybridized carbons (Fsp3) is 0.227. The molecule has 28 heavy (non-hydrogen) atoms. The van der Waals surface area contributed by atoms with E-state index in [-0.39, 0.29) is 12.3 Å². The minimum atomic E-state index is -0.285. The Kier molecular flexibility index (Phi) is 4.40. The number of rotatable bonds is 3. The molecule has 0 spiro atoms. The van der Waals surface area contributed by atoms with E-state index in [4.69, 9.17) is 14.6 Å². The van der Waals surface area contributed by atoms with Crippen LogP contribution in [0.5, 0.6) is 11.5 Å². The first-order chi connectivity index (χ1) is 13.6. The molecule has 0 amide bonds. The summed E-state index contributed by atoms with van der Waals surface area (Å²) in [6.07, 6.45) is 0.583. The van der Waals surface area contributed by atoms with Gasteiger partial charge in [0.15, 0.2) is 0 Å². The molecule has 3 heterocycles. The van der Waals surface area contributed by atoms with Crippen LogP contribution in [-0.2, 0) is 0 Å². The molecule has 0 fully saturated rings. The summed E-state index contributed by atoms with van der Waals surface area (Å²) < 4.78 is 12.9. The van der Waals surface area contributed by atoms with Crippen LogP contribution in [0.4, 0.5) is 0 Å². The third-order valence-electron chi connectivity index (χ3n) is 5.16. The van der Waals surface area contributed by atoms with Crippen molar-refractivity contribution in [3.05, 3.63) is 80.0 Å². The van der Waals surface area contributed by atoms with Crippen LogP contribution in [0.2, 0.25) is 0 Å². The van der Waals surface area contributed by atoms with Crippen molar-refractivity contribution in [2.24, 2.45) is 5.10 Å². The summed E-state index contributed by atoms with van der Waals surface area (Å²) in [5, 5.41) is 7.12. The highest BCUT2D eigenvalue weighted by Crippen LogP contribution is 2.48. The second kappa shape index (κ2) is 6.94. The van der Waals surface area contributed by atoms with Gasteiger partial charge in [-0.2, -0.15) is 5.10 Å². The number of hydrogen-bond donors (Lipinski definition) is 0. The maximum atomic E-state index is 6.42. The molecule has 1 aromatic heterocycles. The van der Waals surface area contributed by atoms with Crippen LogP contribution in [0, 0.1) is 6.92 Å². The molecule has 2 aromatic carbocycles. The number of thiophene rings is 1. The first-order valence-electron chi connectivity index (χ1n) is 9.15. The van der Waals surface area contributed by atoms with Crippen molar-refractivity contribution >= 4 is 33.0 Å². The smallest absolute Gasteiger partial charge is 0.214 e. The van der Waals surface area contributed by atoms with Gasteiger partial charge in [0.1, 0.15) is 11.5 Å². The van der Waals surface area contributed by atoms with E-state index in [9.17, 15) is 0 Å². The van der Waals surface area contributed by atoms with Crippen molar-refractivity contribution in [1.29, 1.82) is 0 Å². The van der Waals surface area contributed by atoms with E-state index in [0.29, 0.717) is 0 Å². The second-order valence-corrected chi connectivity index (χ2v) is 9.19. The fourth-order valence-corrected chi connectivity index (χ4v) is 5.05. The second-order valence-electron chi connectivity index (χ2n) is 6.99. The molecular weight excluding hydrogens is 436 g/mol. The maximum Gasteiger partial charge on any atom is 0.214 e. The van der Waals surface area contributed by atoms with E-state index in [0.717, 1.165) is 33.7 Å². The molecule has 0 bridgehead atoms. The van der Waals surface area contributed by atoms with Gasteiger partial charge in [-0.15, -0.1) is 11.3 Å². The summed E-state index contributed by atoms with van der Waals surface area (Å²) in [5.74, 6) is 1.73. The van der Waals surface area contributed by atoms with Gasteiger partial charge in [-0.1, -0.05) is 28.1 Å². The van der Waals surface area contributed by atoms with Gasteiger partial charge in [-0.05, 0) is 49.4 Å². The number of aryl methyl sites for hydroxylation is 1. The van der Waals surface area contributed by atoms with Crippen LogP contribution >= 0.6 is 27.3 Å². The number of fused-ring (bicyclic) bond motifs is 3. The SMILES string of the molecule is COc1cccc([C@H]2Oc3ccc(Br)cc3[C@H]3CC(c4ccc(C)s4)=NN32)c1. The van der Waals surface area contributed by atoms with Crippen molar-refractivity contribution in [2.75, 3.05) is 7.11 Å². The van der Waals surface area contributed by atoms with Crippen LogP contribution < -0.4 is 9.47 Å². The summed E-state index contributed by atoms with van der Waals surface area (Å²) >= 11 is 5.39. The molecule has 5 rings (SSSR count). The largest absolute Gasteiger partial charge is 0.497 e. The highest BCUT2D eigenvalue weighted by molar-refractivity contribution is 9.10. The normalized spacial score (nSPS) is 20.2. The highest BCUT2D eigenvalue weighted by Gasteiger charge is 2.41. The number of benzene rings is 2. The van der Waals surface area contributed by atoms with Gasteiger partial charge in [-0.25, -0.2) is 5.01 Å². The first kappa shape index (κ1) is 17.8. The Morgan fingerprint density at radius 3 is 2.86 bits per heavy atom. The van der Waals surface area contributed by atoms with Gasteiger partial charge >= 0.3 is 0 Å². The third-order valence-corrected chi connectivity index (χ3v) is 6.70. The standard InChI is InChI=1S/C22H19BrN2O2S/c1-13-6-9-21(28-13)18-12-19-17-11-15(23)7-8-20(17)27-22(25(19)24-18)14-4-3-5-16(10-14)26-2/h3-11,19,22H,12H2,1-2H3/t19-,22-/m1/s1. The molecule has 0 aliphatic carbocycles. The Labute approximate surface area is 176 Å². The average Bonchev–Trinajstić information content (AvgIpc) is 3.34. The molecule has 2 atom stereocenters. The van der Waals surface area contributed by atoms with Crippen molar-refractivity contribution in [2.45, 2.75) is 25.6 Å². The predicted octanol–water partition coefficient (Wildman–Crippen LogP) is 6.07. The number of halogens is 1. The lowest BCUT2D eigenvalue weighted by molar-refractivity contribution is -0.0191. The molecule has 3 aromatic rings. The molecule has 0 saturated heterocycles. The van der Waals surface area contributed by atoms with Gasteiger partial charge in [0.25, 0.3) is 0 Å². The molecular formula is C22H19BrN2O2S. The van der Waals surface area contributed by atoms with Gasteiger partial charge in [0.2, 0.25) is 6.23 Å². The Bertz CT molecular complexity index is 1080. The summed E-state index contributed by atoms with van der Waals surface area (Å²) in [6.45, 7) is 2.13. The Morgan fingerprint density at radius 1 is 1.18 bits per heavy atom. The summed E-state index contributed by atoms with van der Waals surface area (Å²) in [7, 11) is 1.68. The van der Waals surface area contributed by atoms with Crippen LogP contribution in [-0.4, -0.2) is 17.8 Å². The minimum absolute atomic E-state index is 0.148. The number of nitrogens with zero attached hydrogens (tertiary/aromatic N) is 2. The zero-order valence-corrected chi connectivity index (χ0v) is 18.0. The quantitative estimate of drug-likeness (QED) is 0.481. The zero-order valence-electron chi connectivity index (χ0n) is 15.6. The lowest BCUT2D eigenvalue weighted by atomic mass is 9.97. The monoisotopic (exact) mass is 454 g/mol. The summed E-state index contributed by atoms with van der Waals surface area (Å²) in [4.78, 5) is 2.53. The van der Waals surface area contributed by atoms with Crippen molar-refractivity contribution in [1.82, 2.24) is 5.01 Å². The topological polar surface area (TPSA) is 34.1 Å². The molecule has 2 aliphatic heterocycles. The highest BCUT2D eigenvalue weighted by atomic mass is 79.9. The van der Waals surface area contributed by atoms with Crippen molar-refractivity contribution in [3.8, 4) is 11.5 Å². The zero-order chi connectivity index (χ0) is 19.3. The molecule has 0 saturated carbocycles. The van der Waals surface area contributed by atoms with Crippen LogP contribution in [0.3, 0.4) is 0 Å². The van der Waals surface area contributed by atoms with Crippen molar-refractivity contribution in [3.63, 3.8) is 0 Å². The lowest BCUT2D eigenvalue weighted by Gasteiger charge is -2.38. The number of methoxy groups -OCH3 is 1. The minimum Gasteiger partial charge on any atom is -0.497 e. The van der Waals surface area contributed by atoms with Gasteiger partial charge in [-0.3, -0.25) is 0 Å². The third kappa shape index (κ3) is 3.01. The predicted molar refractivity (Wildman–Crippen MR) is 115 cm³/mol. The van der Waals surface area contributed by atoms with Crippen LogP contribution in [0.15, 0.2) is 64.2 Å². The van der Waals surface area contributed by atoms with Crippen molar-refractivity contribution < 1.29 is 9.47 Å². The number of hydrazone groups is 1. The van der Waals surface area contributed by atoms with Crippen LogP contribution in [0.25, 0.3) is 0 Å². The Balaban J connectivity index is 1.61. The van der Waals surface area contributed by atoms with Crippen LogP contribution in [0.1, 0.15) is 39.6 Å². The first-order valence-corrected chi connectivity index (χ1v) is 10.8. The number of hydrogen-bond acceptors (Lipinski definition) is 5. The van der Waals surface area contributed by atoms with E-state index in [1.807, 2.05) is 30.3 Å². The molecule has 0 N–H and O–H groups in total. The molecule has 142 valence electrons. The Morgan fingerprint density at radius 2 is 2.07 bits per heavy atom. The maximum absolute atomic E-state index is 6.42. The lowest BCUT2D eigenvalue weighted by Crippen LogP contribution is -2.33. The fourth-order valence-electron chi connectivity index (χ4n) is 3.81. The Hall–Kier alpha value is -2.31. The molecule has 0 unspecified atom stereocenters. The molecule has 6 heteroatoms. The van der Waals surface area contributed by atoms with E-state index >= 15 is 0 Å². The molecule has 2 aliphatic rings. The van der Waals surface area contributed by atoms with E-state index in [1.54, 1.807) is 18.4 Å². The van der Waals surface area contributed by atoms with E-state index < -0.39 is 0 Å². The van der Waals surface area contributed by atoms with Gasteiger partial charge in [0.05, 0.1) is 23.7 Å².